The summed E-state index contributed by atoms with van der Waals surface area (Å²) in [5.41, 5.74) is 4.28. The van der Waals surface area contributed by atoms with Crippen LogP contribution >= 0.6 is 0 Å². The van der Waals surface area contributed by atoms with Crippen LogP contribution in [0.3, 0.4) is 0 Å². The first-order chi connectivity index (χ1) is 27.3. The third-order valence-electron chi connectivity index (χ3n) is 9.51. The number of aromatic nitrogens is 4. The van der Waals surface area contributed by atoms with Gasteiger partial charge in [-0.1, -0.05) is 105 Å². The minimum Gasteiger partial charge on any atom is -1.00 e. The second kappa shape index (κ2) is 33.9. The molecule has 0 aliphatic carbocycles. The highest BCUT2D eigenvalue weighted by Crippen LogP contribution is 2.11. The summed E-state index contributed by atoms with van der Waals surface area (Å²) in [7, 11) is 0. The summed E-state index contributed by atoms with van der Waals surface area (Å²) in [5, 5.41) is 0. The fourth-order valence-corrected chi connectivity index (χ4v) is 6.39. The van der Waals surface area contributed by atoms with Crippen LogP contribution in [0.2, 0.25) is 0 Å². The maximum atomic E-state index is 4.04. The Hall–Kier alpha value is -4.20. The van der Waals surface area contributed by atoms with Gasteiger partial charge in [-0.2, -0.15) is 0 Å². The van der Waals surface area contributed by atoms with E-state index >= 15 is 0 Å². The molecule has 57 heavy (non-hydrogen) atoms. The van der Waals surface area contributed by atoms with Gasteiger partial charge in [-0.3, -0.25) is 9.97 Å². The molecule has 0 radical (unpaired) electrons. The van der Waals surface area contributed by atoms with Crippen LogP contribution in [0, 0.1) is 47.4 Å². The number of pyridine rings is 4. The largest absolute Gasteiger partial charge is 1.00 e. The van der Waals surface area contributed by atoms with Gasteiger partial charge in [0.25, 0.3) is 0 Å². The molecule has 6 heteroatoms. The summed E-state index contributed by atoms with van der Waals surface area (Å²) >= 11 is 0. The lowest BCUT2D eigenvalue weighted by atomic mass is 10.1. The third-order valence-corrected chi connectivity index (χ3v) is 9.51. The zero-order chi connectivity index (χ0) is 38.1. The zero-order valence-electron chi connectivity index (χ0n) is 34.0. The van der Waals surface area contributed by atoms with E-state index < -0.39 is 0 Å². The second-order valence-electron chi connectivity index (χ2n) is 14.4. The molecule has 0 atom stereocenters. The molecule has 4 bridgehead atoms. The first-order valence-electron chi connectivity index (χ1n) is 21.1. The van der Waals surface area contributed by atoms with Gasteiger partial charge in [0.2, 0.25) is 0 Å². The summed E-state index contributed by atoms with van der Waals surface area (Å²) in [4.78, 5) is 8.09. The van der Waals surface area contributed by atoms with E-state index in [0.29, 0.717) is 0 Å². The van der Waals surface area contributed by atoms with Crippen molar-refractivity contribution < 1.29 is 43.1 Å². The monoisotopic (exact) mass is 888 g/mol. The fourth-order valence-electron chi connectivity index (χ4n) is 6.39. The molecule has 4 aromatic heterocycles. The average Bonchev–Trinajstić information content (AvgIpc) is 3.22. The average molecular weight is 891 g/mol. The number of fused-ring (bicyclic) bond motifs is 4. The van der Waals surface area contributed by atoms with Crippen molar-refractivity contribution in [3.8, 4) is 47.4 Å². The van der Waals surface area contributed by atoms with Crippen LogP contribution in [0.25, 0.3) is 0 Å². The summed E-state index contributed by atoms with van der Waals surface area (Å²) in [6, 6.07) is 16.3. The quantitative estimate of drug-likeness (QED) is 0.165. The Bertz CT molecular complexity index is 1740. The number of halogens is 2. The van der Waals surface area contributed by atoms with Gasteiger partial charge < -0.3 is 34.0 Å². The van der Waals surface area contributed by atoms with Crippen LogP contribution in [-0.2, 0) is 13.1 Å². The van der Waals surface area contributed by atoms with Gasteiger partial charge in [-0.05, 0) is 74.9 Å². The molecule has 0 unspecified atom stereocenters. The lowest BCUT2D eigenvalue weighted by Crippen LogP contribution is -3.00. The molecule has 1 aliphatic rings. The SMILES string of the molecule is C(#Cc1cccnc1)CCCCCCC#Cc1cccnc1.C1#Cc2ccc[n+](c2)CCCCCCCCCCC[n+]2cccc(c2)C#CCCCCCC1.[Br-].[Br-]. The topological polar surface area (TPSA) is 33.5 Å². The predicted octanol–water partition coefficient (Wildman–Crippen LogP) is 4.76. The van der Waals surface area contributed by atoms with Gasteiger partial charge in [-0.15, -0.1) is 0 Å². The molecule has 4 aromatic rings. The molecular weight excluding hydrogens is 828 g/mol. The Balaban J connectivity index is 0.000000409. The number of aryl methyl sites for hydroxylation is 2. The van der Waals surface area contributed by atoms with Gasteiger partial charge in [0.05, 0.1) is 11.1 Å². The summed E-state index contributed by atoms with van der Waals surface area (Å²) in [5.74, 6) is 26.1. The molecule has 0 amide bonds. The molecular formula is C51H62Br2N4. The van der Waals surface area contributed by atoms with Crippen molar-refractivity contribution in [1.29, 1.82) is 0 Å². The molecule has 0 aromatic carbocycles. The third kappa shape index (κ3) is 24.9. The Morgan fingerprint density at radius 1 is 0.491 bits per heavy atom. The van der Waals surface area contributed by atoms with Crippen LogP contribution in [0.5, 0.6) is 0 Å². The normalized spacial score (nSPS) is 13.7. The highest BCUT2D eigenvalue weighted by Gasteiger charge is 2.03. The van der Waals surface area contributed by atoms with Crippen LogP contribution in [0.1, 0.15) is 157 Å². The number of nitrogens with zero attached hydrogens (tertiary/aromatic N) is 4. The van der Waals surface area contributed by atoms with E-state index in [-0.39, 0.29) is 34.0 Å². The van der Waals surface area contributed by atoms with Crippen molar-refractivity contribution in [3.05, 3.63) is 120 Å². The van der Waals surface area contributed by atoms with Gasteiger partial charge in [0.1, 0.15) is 13.1 Å². The van der Waals surface area contributed by atoms with Crippen molar-refractivity contribution in [2.24, 2.45) is 0 Å². The van der Waals surface area contributed by atoms with Gasteiger partial charge in [0.15, 0.2) is 24.8 Å². The summed E-state index contributed by atoms with van der Waals surface area (Å²) < 4.78 is 4.62. The van der Waals surface area contributed by atoms with Gasteiger partial charge >= 0.3 is 0 Å². The second-order valence-corrected chi connectivity index (χ2v) is 14.4. The van der Waals surface area contributed by atoms with E-state index in [9.17, 15) is 0 Å². The number of hydrogen-bond acceptors (Lipinski definition) is 2. The first kappa shape index (κ1) is 48.9. The highest BCUT2D eigenvalue weighted by atomic mass is 79.9. The van der Waals surface area contributed by atoms with E-state index in [0.717, 1.165) is 73.9 Å². The van der Waals surface area contributed by atoms with E-state index in [1.807, 2.05) is 24.3 Å². The summed E-state index contributed by atoms with van der Waals surface area (Å²) in [6.45, 7) is 2.22. The lowest BCUT2D eigenvalue weighted by Gasteiger charge is -2.02. The maximum absolute atomic E-state index is 4.04. The molecule has 0 fully saturated rings. The van der Waals surface area contributed by atoms with Crippen LogP contribution in [0.15, 0.2) is 98.1 Å². The van der Waals surface area contributed by atoms with Gasteiger partial charge in [0, 0.05) is 86.6 Å². The number of hydrogen-bond donors (Lipinski definition) is 0. The van der Waals surface area contributed by atoms with Crippen LogP contribution in [0.4, 0.5) is 0 Å². The molecule has 0 saturated carbocycles. The molecule has 300 valence electrons. The summed E-state index contributed by atoms with van der Waals surface area (Å²) in [6.07, 6.45) is 41.5. The fraction of sp³-hybridized carbons (Fsp3) is 0.451. The number of rotatable bonds is 5. The van der Waals surface area contributed by atoms with Crippen LogP contribution < -0.4 is 43.1 Å². The molecule has 5 heterocycles. The highest BCUT2D eigenvalue weighted by molar-refractivity contribution is 5.32. The lowest BCUT2D eigenvalue weighted by molar-refractivity contribution is -0.697. The molecule has 0 spiro atoms. The Kier molecular flexibility index (Phi) is 29.1. The smallest absolute Gasteiger partial charge is 0.184 e. The molecule has 5 rings (SSSR count). The van der Waals surface area contributed by atoms with Crippen molar-refractivity contribution in [2.45, 2.75) is 148 Å². The molecule has 1 aliphatic heterocycles. The molecule has 4 nitrogen and oxygen atoms in total. The van der Waals surface area contributed by atoms with E-state index in [2.05, 4.69) is 116 Å². The molecule has 0 N–H and O–H groups in total. The number of unbranched alkanes of at least 4 members (excludes halogenated alkanes) is 5. The van der Waals surface area contributed by atoms with E-state index in [4.69, 9.17) is 0 Å². The van der Waals surface area contributed by atoms with Crippen molar-refractivity contribution >= 4 is 0 Å². The molecule has 0 saturated heterocycles. The van der Waals surface area contributed by atoms with E-state index in [1.54, 1.807) is 24.8 Å². The first-order valence-corrected chi connectivity index (χ1v) is 21.1. The maximum Gasteiger partial charge on any atom is 0.184 e. The zero-order valence-corrected chi connectivity index (χ0v) is 37.2. The van der Waals surface area contributed by atoms with E-state index in [1.165, 1.54) is 96.3 Å². The standard InChI is InChI=1S/C31H42N2.C20H20N2.2BrH/c1-4-8-12-16-24-32-26-18-22-30(28-32)20-14-10-6-2-3-7-11-15-21-31-23-19-27-33(29-31)25-17-13-9-5-1;1(3-5-7-11-19-13-9-15-21-17-19)2-4-6-8-12-20-14-10-16-22-18-20;;/h18-19,22-23,26-29H,1-13,16-17,24-25H2;9-10,13-18H,1-6H2;2*1H/q+2;;;/p-2. The van der Waals surface area contributed by atoms with Crippen molar-refractivity contribution in [2.75, 3.05) is 0 Å². The van der Waals surface area contributed by atoms with Crippen LogP contribution in [-0.4, -0.2) is 9.97 Å². The predicted molar refractivity (Wildman–Crippen MR) is 226 cm³/mol. The minimum absolute atomic E-state index is 0. The Morgan fingerprint density at radius 3 is 1.33 bits per heavy atom. The van der Waals surface area contributed by atoms with Gasteiger partial charge in [-0.25, -0.2) is 9.13 Å². The Labute approximate surface area is 366 Å². The minimum atomic E-state index is 0. The van der Waals surface area contributed by atoms with Crippen molar-refractivity contribution in [3.63, 3.8) is 0 Å². The van der Waals surface area contributed by atoms with Crippen molar-refractivity contribution in [1.82, 2.24) is 9.97 Å². The Morgan fingerprint density at radius 2 is 0.912 bits per heavy atom.